The van der Waals surface area contributed by atoms with Gasteiger partial charge in [0.25, 0.3) is 0 Å². The molecular weight excluding hydrogens is 377 g/mol. The molecule has 0 aromatic rings. The van der Waals surface area contributed by atoms with E-state index in [9.17, 15) is 48.3 Å². The summed E-state index contributed by atoms with van der Waals surface area (Å²) in [6.45, 7) is 3.83. The van der Waals surface area contributed by atoms with Crippen LogP contribution >= 0.6 is 0 Å². The zero-order valence-electron chi connectivity index (χ0n) is 11.2. The monoisotopic (exact) mass is 386 g/mol. The summed E-state index contributed by atoms with van der Waals surface area (Å²) in [4.78, 5) is -3.53. The maximum absolute atomic E-state index is 12.5. The molecule has 0 amide bonds. The predicted molar refractivity (Wildman–Crippen MR) is 52.5 cm³/mol. The Morgan fingerprint density at radius 1 is 0.750 bits per heavy atom. The molecule has 0 radical (unpaired) electrons. The molecule has 0 aromatic carbocycles. The van der Waals surface area contributed by atoms with Crippen molar-refractivity contribution in [3.05, 3.63) is 0 Å². The number of hydrogen-bond acceptors (Lipinski definition) is 4. The highest BCUT2D eigenvalue weighted by atomic mass is 19.4. The van der Waals surface area contributed by atoms with E-state index in [-0.39, 0.29) is 0 Å². The van der Waals surface area contributed by atoms with Gasteiger partial charge in [-0.1, -0.05) is 4.90 Å². The van der Waals surface area contributed by atoms with Crippen LogP contribution in [-0.4, -0.2) is 61.8 Å². The number of hydrogen-bond donors (Lipinski definition) is 1. The van der Waals surface area contributed by atoms with Crippen LogP contribution in [0.1, 0.15) is 0 Å². The topological polar surface area (TPSA) is 33.7 Å². The van der Waals surface area contributed by atoms with E-state index in [4.69, 9.17) is 4.74 Å². The van der Waals surface area contributed by atoms with Crippen LogP contribution in [0.2, 0.25) is 0 Å². The Morgan fingerprint density at radius 2 is 1.12 bits per heavy atom. The molecule has 0 saturated carbocycles. The molecule has 2 aliphatic heterocycles. The minimum absolute atomic E-state index is 0.889. The molecule has 1 N–H and O–H groups in total. The summed E-state index contributed by atoms with van der Waals surface area (Å²) < 4.78 is 141. The molecule has 0 bridgehead atoms. The van der Waals surface area contributed by atoms with Gasteiger partial charge >= 0.3 is 30.6 Å². The van der Waals surface area contributed by atoms with Crippen molar-refractivity contribution in [1.82, 2.24) is 10.2 Å². The van der Waals surface area contributed by atoms with Gasteiger partial charge in [0, 0.05) is 13.1 Å². The van der Waals surface area contributed by atoms with Crippen LogP contribution in [0.15, 0.2) is 0 Å². The predicted octanol–water partition coefficient (Wildman–Crippen LogP) is 2.82. The zero-order chi connectivity index (χ0) is 19.0. The zero-order valence-corrected chi connectivity index (χ0v) is 11.2. The number of nitrogens with one attached hydrogen (secondary N) is 1. The van der Waals surface area contributed by atoms with Crippen molar-refractivity contribution in [2.24, 2.45) is 0 Å². The smallest absolute Gasteiger partial charge is 0.379 e. The van der Waals surface area contributed by atoms with E-state index in [0.29, 0.717) is 0 Å². The standard InChI is InChI=1S/C5F11NO.C4H9NO/c6-1(7)3(10,11)18-4(12,13)2(8,9)17(1)5(14,15)16;1-3-6-4-2-5-1/h;5H,1-4H2. The van der Waals surface area contributed by atoms with Crippen LogP contribution in [0.25, 0.3) is 0 Å². The highest BCUT2D eigenvalue weighted by Crippen LogP contribution is 2.58. The molecule has 0 aliphatic carbocycles. The van der Waals surface area contributed by atoms with Gasteiger partial charge in [-0.2, -0.15) is 48.3 Å². The molecule has 2 fully saturated rings. The fourth-order valence-corrected chi connectivity index (χ4v) is 1.55. The molecule has 144 valence electrons. The third kappa shape index (κ3) is 3.83. The summed E-state index contributed by atoms with van der Waals surface area (Å²) in [6, 6.07) is -13.4. The van der Waals surface area contributed by atoms with E-state index in [1.54, 1.807) is 0 Å². The molecule has 4 nitrogen and oxygen atoms in total. The quantitative estimate of drug-likeness (QED) is 0.513. The third-order valence-corrected chi connectivity index (χ3v) is 2.62. The van der Waals surface area contributed by atoms with Gasteiger partial charge in [0.2, 0.25) is 0 Å². The number of alkyl halides is 11. The summed E-state index contributed by atoms with van der Waals surface area (Å²) in [7, 11) is 0. The van der Waals surface area contributed by atoms with Crippen molar-refractivity contribution < 1.29 is 57.8 Å². The Balaban J connectivity index is 0.000000400. The fourth-order valence-electron chi connectivity index (χ4n) is 1.55. The Labute approximate surface area is 126 Å². The highest BCUT2D eigenvalue weighted by Gasteiger charge is 2.87. The highest BCUT2D eigenvalue weighted by molar-refractivity contribution is 4.95. The Morgan fingerprint density at radius 3 is 1.33 bits per heavy atom. The molecule has 0 unspecified atom stereocenters. The maximum atomic E-state index is 12.5. The lowest BCUT2D eigenvalue weighted by molar-refractivity contribution is -0.594. The van der Waals surface area contributed by atoms with Gasteiger partial charge in [-0.25, -0.2) is 4.74 Å². The van der Waals surface area contributed by atoms with E-state index >= 15 is 0 Å². The van der Waals surface area contributed by atoms with Crippen molar-refractivity contribution in [3.8, 4) is 0 Å². The number of halogens is 11. The normalized spacial score (nSPS) is 28.6. The van der Waals surface area contributed by atoms with Crippen molar-refractivity contribution in [3.63, 3.8) is 0 Å². The SMILES string of the molecule is C1COCCN1.FC(F)(F)N1C(F)(F)C(F)(F)OC(F)(F)C1(F)F. The lowest BCUT2D eigenvalue weighted by Crippen LogP contribution is -2.76. The fraction of sp³-hybridized carbons (Fsp3) is 1.00. The summed E-state index contributed by atoms with van der Waals surface area (Å²) in [6.07, 6.45) is -19.8. The molecular formula is C9H9F11N2O2. The van der Waals surface area contributed by atoms with Gasteiger partial charge in [-0.05, 0) is 0 Å². The van der Waals surface area contributed by atoms with Gasteiger partial charge in [0.1, 0.15) is 0 Å². The van der Waals surface area contributed by atoms with Gasteiger partial charge in [-0.3, -0.25) is 0 Å². The molecule has 2 heterocycles. The van der Waals surface area contributed by atoms with Crippen LogP contribution in [0.3, 0.4) is 0 Å². The number of rotatable bonds is 0. The van der Waals surface area contributed by atoms with Gasteiger partial charge in [0.15, 0.2) is 0 Å². The molecule has 2 rings (SSSR count). The Hall–Kier alpha value is -0.930. The van der Waals surface area contributed by atoms with E-state index in [1.165, 1.54) is 0 Å². The van der Waals surface area contributed by atoms with Crippen LogP contribution < -0.4 is 5.32 Å². The summed E-state index contributed by atoms with van der Waals surface area (Å²) in [5.74, 6) is 0. The van der Waals surface area contributed by atoms with Crippen LogP contribution in [0.5, 0.6) is 0 Å². The van der Waals surface area contributed by atoms with E-state index in [0.717, 1.165) is 26.3 Å². The molecule has 0 aromatic heterocycles. The Kier molecular flexibility index (Phi) is 5.65. The number of nitrogens with zero attached hydrogens (tertiary/aromatic N) is 1. The first kappa shape index (κ1) is 21.1. The molecule has 2 aliphatic rings. The average Bonchev–Trinajstić information content (AvgIpc) is 2.36. The van der Waals surface area contributed by atoms with E-state index < -0.39 is 35.5 Å². The maximum Gasteiger partial charge on any atom is 0.470 e. The summed E-state index contributed by atoms with van der Waals surface area (Å²) >= 11 is 0. The van der Waals surface area contributed by atoms with Crippen molar-refractivity contribution >= 4 is 0 Å². The molecule has 15 heteroatoms. The van der Waals surface area contributed by atoms with Crippen LogP contribution in [0, 0.1) is 0 Å². The summed E-state index contributed by atoms with van der Waals surface area (Å²) in [5, 5.41) is 3.16. The number of morpholine rings is 2. The minimum atomic E-state index is -6.86. The largest absolute Gasteiger partial charge is 0.470 e. The van der Waals surface area contributed by atoms with Gasteiger partial charge in [-0.15, -0.1) is 0 Å². The van der Waals surface area contributed by atoms with E-state index in [2.05, 4.69) is 5.32 Å². The molecule has 24 heavy (non-hydrogen) atoms. The molecule has 2 saturated heterocycles. The van der Waals surface area contributed by atoms with Crippen molar-refractivity contribution in [2.45, 2.75) is 30.6 Å². The molecule has 0 spiro atoms. The first-order chi connectivity index (χ1) is 10.6. The van der Waals surface area contributed by atoms with Gasteiger partial charge < -0.3 is 10.1 Å². The molecule has 0 atom stereocenters. The first-order valence-corrected chi connectivity index (χ1v) is 5.94. The lowest BCUT2D eigenvalue weighted by Gasteiger charge is -2.47. The third-order valence-electron chi connectivity index (χ3n) is 2.62. The van der Waals surface area contributed by atoms with Crippen LogP contribution in [0.4, 0.5) is 48.3 Å². The van der Waals surface area contributed by atoms with Gasteiger partial charge in [0.05, 0.1) is 13.2 Å². The van der Waals surface area contributed by atoms with E-state index in [1.807, 2.05) is 4.74 Å². The Bertz CT molecular complexity index is 398. The first-order valence-electron chi connectivity index (χ1n) is 5.94. The van der Waals surface area contributed by atoms with Crippen molar-refractivity contribution in [2.75, 3.05) is 26.3 Å². The second kappa shape index (κ2) is 6.42. The minimum Gasteiger partial charge on any atom is -0.379 e. The average molecular weight is 386 g/mol. The number of ether oxygens (including phenoxy) is 2. The van der Waals surface area contributed by atoms with Crippen molar-refractivity contribution in [1.29, 1.82) is 0 Å². The lowest BCUT2D eigenvalue weighted by atomic mass is 10.3. The second-order valence-corrected chi connectivity index (χ2v) is 4.38. The van der Waals surface area contributed by atoms with Crippen LogP contribution in [-0.2, 0) is 9.47 Å². The second-order valence-electron chi connectivity index (χ2n) is 4.38. The summed E-state index contributed by atoms with van der Waals surface area (Å²) in [5.41, 5.74) is 0.